The highest BCUT2D eigenvalue weighted by molar-refractivity contribution is 5.66. The molecule has 0 aromatic heterocycles. The largest absolute Gasteiger partial charge is 0.481 e. The van der Waals surface area contributed by atoms with Crippen LogP contribution < -0.4 is 0 Å². The number of unbranched alkanes of at least 4 members (excludes halogenated alkanes) is 9. The Morgan fingerprint density at radius 1 is 0.833 bits per heavy atom. The zero-order valence-corrected chi connectivity index (χ0v) is 11.8. The zero-order chi connectivity index (χ0) is 13.5. The molecular formula is C16H28O2. The first-order valence-electron chi connectivity index (χ1n) is 7.45. The molecule has 2 nitrogen and oxygen atoms in total. The van der Waals surface area contributed by atoms with E-state index in [1.54, 1.807) is 0 Å². The molecule has 0 bridgehead atoms. The lowest BCUT2D eigenvalue weighted by atomic mass is 10.1. The van der Waals surface area contributed by atoms with Crippen molar-refractivity contribution in [3.05, 3.63) is 0 Å². The van der Waals surface area contributed by atoms with Crippen molar-refractivity contribution >= 4 is 5.97 Å². The number of carboxylic acids is 1. The average molecular weight is 252 g/mol. The van der Waals surface area contributed by atoms with Crippen molar-refractivity contribution in [2.45, 2.75) is 84.0 Å². The molecule has 0 aliphatic carbocycles. The number of carboxylic acid groups (broad SMARTS) is 1. The highest BCUT2D eigenvalue weighted by atomic mass is 16.4. The second-order valence-electron chi connectivity index (χ2n) is 4.83. The van der Waals surface area contributed by atoms with Crippen LogP contribution in [0.5, 0.6) is 0 Å². The predicted molar refractivity (Wildman–Crippen MR) is 76.5 cm³/mol. The Labute approximate surface area is 112 Å². The van der Waals surface area contributed by atoms with Gasteiger partial charge in [-0.05, 0) is 19.3 Å². The van der Waals surface area contributed by atoms with E-state index in [1.807, 2.05) is 0 Å². The summed E-state index contributed by atoms with van der Waals surface area (Å²) in [4.78, 5) is 10.3. The van der Waals surface area contributed by atoms with E-state index < -0.39 is 5.97 Å². The molecule has 0 atom stereocenters. The van der Waals surface area contributed by atoms with Crippen molar-refractivity contribution in [2.75, 3.05) is 0 Å². The maximum absolute atomic E-state index is 10.3. The van der Waals surface area contributed by atoms with Gasteiger partial charge in [-0.1, -0.05) is 45.4 Å². The van der Waals surface area contributed by atoms with E-state index in [2.05, 4.69) is 18.8 Å². The third-order valence-electron chi connectivity index (χ3n) is 2.94. The van der Waals surface area contributed by atoms with Crippen molar-refractivity contribution in [3.63, 3.8) is 0 Å². The maximum Gasteiger partial charge on any atom is 0.303 e. The molecule has 0 saturated carbocycles. The van der Waals surface area contributed by atoms with Gasteiger partial charge < -0.3 is 5.11 Å². The van der Waals surface area contributed by atoms with Gasteiger partial charge in [-0.15, -0.1) is 11.8 Å². The van der Waals surface area contributed by atoms with Crippen LogP contribution in [0.2, 0.25) is 0 Å². The summed E-state index contributed by atoms with van der Waals surface area (Å²) in [5.41, 5.74) is 0. The van der Waals surface area contributed by atoms with E-state index >= 15 is 0 Å². The third-order valence-corrected chi connectivity index (χ3v) is 2.94. The van der Waals surface area contributed by atoms with Crippen LogP contribution in [0.1, 0.15) is 84.0 Å². The Morgan fingerprint density at radius 2 is 1.33 bits per heavy atom. The molecule has 0 amide bonds. The number of carbonyl (C=O) groups is 1. The van der Waals surface area contributed by atoms with Gasteiger partial charge in [0.05, 0.1) is 0 Å². The molecule has 0 spiro atoms. The lowest BCUT2D eigenvalue weighted by molar-refractivity contribution is -0.137. The van der Waals surface area contributed by atoms with Crippen LogP contribution in [-0.2, 0) is 4.79 Å². The predicted octanol–water partition coefficient (Wildman–Crippen LogP) is 4.78. The molecule has 0 saturated heterocycles. The smallest absolute Gasteiger partial charge is 0.303 e. The first-order chi connectivity index (χ1) is 8.77. The lowest BCUT2D eigenvalue weighted by Gasteiger charge is -2.00. The molecule has 2 heteroatoms. The fraction of sp³-hybridized carbons (Fsp3) is 0.812. The minimum Gasteiger partial charge on any atom is -0.481 e. The minimum atomic E-state index is -0.667. The summed E-state index contributed by atoms with van der Waals surface area (Å²) in [6.07, 6.45) is 13.0. The maximum atomic E-state index is 10.3. The van der Waals surface area contributed by atoms with Gasteiger partial charge in [0.1, 0.15) is 0 Å². The van der Waals surface area contributed by atoms with E-state index in [-0.39, 0.29) is 0 Å². The molecule has 18 heavy (non-hydrogen) atoms. The van der Waals surface area contributed by atoms with E-state index in [0.717, 1.165) is 32.1 Å². The van der Waals surface area contributed by atoms with Crippen molar-refractivity contribution < 1.29 is 9.90 Å². The standard InChI is InChI=1S/C16H28O2/c1-2-3-4-5-6-7-8-9-10-11-12-13-14-15-16(17)18/h2-3,6-15H2,1H3,(H,17,18). The molecule has 0 aromatic rings. The highest BCUT2D eigenvalue weighted by Crippen LogP contribution is 2.10. The van der Waals surface area contributed by atoms with Crippen LogP contribution in [0, 0.1) is 11.8 Å². The summed E-state index contributed by atoms with van der Waals surface area (Å²) < 4.78 is 0. The van der Waals surface area contributed by atoms with Gasteiger partial charge in [-0.25, -0.2) is 0 Å². The second-order valence-corrected chi connectivity index (χ2v) is 4.83. The normalized spacial score (nSPS) is 9.83. The van der Waals surface area contributed by atoms with Crippen molar-refractivity contribution in [2.24, 2.45) is 0 Å². The number of rotatable bonds is 11. The second kappa shape index (κ2) is 14.1. The average Bonchev–Trinajstić information content (AvgIpc) is 2.34. The number of hydrogen-bond acceptors (Lipinski definition) is 1. The van der Waals surface area contributed by atoms with E-state index in [9.17, 15) is 4.79 Å². The SMILES string of the molecule is CCCC#CCCCCCCCCCCC(=O)O. The summed E-state index contributed by atoms with van der Waals surface area (Å²) >= 11 is 0. The molecule has 1 N–H and O–H groups in total. The van der Waals surface area contributed by atoms with Crippen LogP contribution in [0.15, 0.2) is 0 Å². The van der Waals surface area contributed by atoms with Crippen molar-refractivity contribution in [3.8, 4) is 11.8 Å². The number of aliphatic carboxylic acids is 1. The minimum absolute atomic E-state index is 0.330. The lowest BCUT2D eigenvalue weighted by Crippen LogP contribution is -1.93. The van der Waals surface area contributed by atoms with Gasteiger partial charge in [0, 0.05) is 19.3 Å². The third kappa shape index (κ3) is 15.0. The van der Waals surface area contributed by atoms with Crippen LogP contribution in [-0.4, -0.2) is 11.1 Å². The van der Waals surface area contributed by atoms with Gasteiger partial charge in [0.2, 0.25) is 0 Å². The molecule has 104 valence electrons. The van der Waals surface area contributed by atoms with Gasteiger partial charge in [-0.2, -0.15) is 0 Å². The summed E-state index contributed by atoms with van der Waals surface area (Å²) in [5.74, 6) is 5.71. The summed E-state index contributed by atoms with van der Waals surface area (Å²) in [6.45, 7) is 2.16. The van der Waals surface area contributed by atoms with Crippen LogP contribution in [0.4, 0.5) is 0 Å². The molecular weight excluding hydrogens is 224 g/mol. The van der Waals surface area contributed by atoms with Gasteiger partial charge in [-0.3, -0.25) is 4.79 Å². The summed E-state index contributed by atoms with van der Waals surface area (Å²) in [6, 6.07) is 0. The molecule has 0 aliphatic rings. The summed E-state index contributed by atoms with van der Waals surface area (Å²) in [5, 5.41) is 8.48. The topological polar surface area (TPSA) is 37.3 Å². The van der Waals surface area contributed by atoms with Crippen LogP contribution >= 0.6 is 0 Å². The van der Waals surface area contributed by atoms with E-state index in [1.165, 1.54) is 38.5 Å². The van der Waals surface area contributed by atoms with Crippen LogP contribution in [0.3, 0.4) is 0 Å². The van der Waals surface area contributed by atoms with Gasteiger partial charge >= 0.3 is 5.97 Å². The molecule has 0 radical (unpaired) electrons. The Bertz CT molecular complexity index is 248. The fourth-order valence-electron chi connectivity index (χ4n) is 1.85. The summed E-state index contributed by atoms with van der Waals surface area (Å²) in [7, 11) is 0. The van der Waals surface area contributed by atoms with Crippen molar-refractivity contribution in [1.82, 2.24) is 0 Å². The van der Waals surface area contributed by atoms with Gasteiger partial charge in [0.25, 0.3) is 0 Å². The Hall–Kier alpha value is -0.970. The van der Waals surface area contributed by atoms with Gasteiger partial charge in [0.15, 0.2) is 0 Å². The van der Waals surface area contributed by atoms with Crippen molar-refractivity contribution in [1.29, 1.82) is 0 Å². The molecule has 0 aliphatic heterocycles. The molecule has 0 heterocycles. The highest BCUT2D eigenvalue weighted by Gasteiger charge is 1.96. The molecule has 0 unspecified atom stereocenters. The molecule has 0 aromatic carbocycles. The molecule has 0 rings (SSSR count). The quantitative estimate of drug-likeness (QED) is 0.424. The Balaban J connectivity index is 3.04. The van der Waals surface area contributed by atoms with Crippen LogP contribution in [0.25, 0.3) is 0 Å². The number of hydrogen-bond donors (Lipinski definition) is 1. The van der Waals surface area contributed by atoms with E-state index in [4.69, 9.17) is 5.11 Å². The zero-order valence-electron chi connectivity index (χ0n) is 11.8. The fourth-order valence-corrected chi connectivity index (χ4v) is 1.85. The monoisotopic (exact) mass is 252 g/mol. The first-order valence-corrected chi connectivity index (χ1v) is 7.45. The first kappa shape index (κ1) is 17.0. The molecule has 0 fully saturated rings. The van der Waals surface area contributed by atoms with E-state index in [0.29, 0.717) is 6.42 Å². The Morgan fingerprint density at radius 3 is 1.89 bits per heavy atom. The Kier molecular flexibility index (Phi) is 13.3.